The summed E-state index contributed by atoms with van der Waals surface area (Å²) in [5.74, 6) is 0.105. The highest BCUT2D eigenvalue weighted by Crippen LogP contribution is 2.24. The number of Topliss-reactive ketones (excluding diaryl/α,β-unsaturated/α-hetero) is 1. The Bertz CT molecular complexity index is 469. The first-order valence-electron chi connectivity index (χ1n) is 5.00. The molecule has 0 N–H and O–H groups in total. The monoisotopic (exact) mass is 199 g/mol. The van der Waals surface area contributed by atoms with Crippen molar-refractivity contribution in [2.24, 2.45) is 4.99 Å². The van der Waals surface area contributed by atoms with E-state index in [1.807, 2.05) is 37.4 Å². The van der Waals surface area contributed by atoms with Gasteiger partial charge in [0, 0.05) is 23.9 Å². The number of ketones is 1. The molecule has 0 bridgehead atoms. The molecule has 0 aromatic heterocycles. The Balaban J connectivity index is 2.31. The fraction of sp³-hybridized carbons (Fsp3) is 0.231. The van der Waals surface area contributed by atoms with Gasteiger partial charge in [-0.05, 0) is 31.1 Å². The summed E-state index contributed by atoms with van der Waals surface area (Å²) in [6.07, 6.45) is 2.77. The van der Waals surface area contributed by atoms with Crippen molar-refractivity contribution >= 4 is 17.1 Å². The summed E-state index contributed by atoms with van der Waals surface area (Å²) >= 11 is 0. The van der Waals surface area contributed by atoms with E-state index < -0.39 is 0 Å². The number of hydrogen-bond acceptors (Lipinski definition) is 2. The molecule has 0 amide bonds. The van der Waals surface area contributed by atoms with Gasteiger partial charge in [0.1, 0.15) is 0 Å². The number of carbonyl (C=O) groups is 1. The number of carbonyl (C=O) groups excluding carboxylic acids is 1. The van der Waals surface area contributed by atoms with Gasteiger partial charge in [-0.1, -0.05) is 18.2 Å². The molecule has 15 heavy (non-hydrogen) atoms. The van der Waals surface area contributed by atoms with Crippen LogP contribution in [0.1, 0.15) is 36.2 Å². The molecule has 0 aliphatic carbocycles. The second-order valence-corrected chi connectivity index (χ2v) is 3.83. The molecule has 1 aromatic rings. The highest BCUT2D eigenvalue weighted by atomic mass is 16.1. The van der Waals surface area contributed by atoms with Crippen LogP contribution >= 0.6 is 0 Å². The van der Waals surface area contributed by atoms with Gasteiger partial charge in [0.2, 0.25) is 0 Å². The van der Waals surface area contributed by atoms with Crippen LogP contribution in [0.4, 0.5) is 0 Å². The van der Waals surface area contributed by atoms with Crippen molar-refractivity contribution in [2.45, 2.75) is 20.3 Å². The van der Waals surface area contributed by atoms with Gasteiger partial charge >= 0.3 is 0 Å². The molecule has 2 nitrogen and oxygen atoms in total. The molecule has 0 atom stereocenters. The third kappa shape index (κ3) is 2.04. The van der Waals surface area contributed by atoms with Crippen molar-refractivity contribution in [2.75, 3.05) is 0 Å². The number of allylic oxidation sites excluding steroid dienone is 1. The fourth-order valence-corrected chi connectivity index (χ4v) is 1.67. The van der Waals surface area contributed by atoms with Crippen LogP contribution in [0.25, 0.3) is 5.57 Å². The quantitative estimate of drug-likeness (QED) is 0.673. The van der Waals surface area contributed by atoms with Gasteiger partial charge in [0.15, 0.2) is 5.78 Å². The van der Waals surface area contributed by atoms with Gasteiger partial charge in [0.05, 0.1) is 0 Å². The highest BCUT2D eigenvalue weighted by molar-refractivity contribution is 5.98. The maximum Gasteiger partial charge on any atom is 0.159 e. The average Bonchev–Trinajstić information content (AvgIpc) is 2.65. The number of hydrogen-bond donors (Lipinski definition) is 0. The van der Waals surface area contributed by atoms with Crippen molar-refractivity contribution in [3.63, 3.8) is 0 Å². The predicted molar refractivity (Wildman–Crippen MR) is 62.1 cm³/mol. The van der Waals surface area contributed by atoms with Crippen LogP contribution in [0, 0.1) is 0 Å². The summed E-state index contributed by atoms with van der Waals surface area (Å²) in [4.78, 5) is 15.5. The smallest absolute Gasteiger partial charge is 0.159 e. The standard InChI is InChI=1S/C13H13NO/c1-9-6-13(8-14-9)12-5-3-4-11(7-12)10(2)15/h3-5,7-8H,6H2,1-2H3. The van der Waals surface area contributed by atoms with Crippen LogP contribution in [0.3, 0.4) is 0 Å². The first-order chi connectivity index (χ1) is 7.16. The van der Waals surface area contributed by atoms with Gasteiger partial charge in [-0.15, -0.1) is 0 Å². The molecular weight excluding hydrogens is 186 g/mol. The van der Waals surface area contributed by atoms with E-state index in [2.05, 4.69) is 4.99 Å². The first kappa shape index (κ1) is 9.84. The van der Waals surface area contributed by atoms with Gasteiger partial charge in [0.25, 0.3) is 0 Å². The van der Waals surface area contributed by atoms with Crippen LogP contribution in [-0.4, -0.2) is 11.5 Å². The van der Waals surface area contributed by atoms with E-state index in [9.17, 15) is 4.79 Å². The lowest BCUT2D eigenvalue weighted by molar-refractivity contribution is 0.101. The zero-order valence-corrected chi connectivity index (χ0v) is 8.95. The Morgan fingerprint density at radius 2 is 2.20 bits per heavy atom. The zero-order valence-electron chi connectivity index (χ0n) is 8.95. The number of benzene rings is 1. The second-order valence-electron chi connectivity index (χ2n) is 3.83. The maximum atomic E-state index is 11.2. The Hall–Kier alpha value is -1.70. The topological polar surface area (TPSA) is 29.4 Å². The lowest BCUT2D eigenvalue weighted by atomic mass is 10.00. The highest BCUT2D eigenvalue weighted by Gasteiger charge is 2.09. The molecule has 0 saturated heterocycles. The Kier molecular flexibility index (Phi) is 2.50. The third-order valence-electron chi connectivity index (χ3n) is 2.53. The lowest BCUT2D eigenvalue weighted by Crippen LogP contribution is -1.94. The molecule has 1 aromatic carbocycles. The van der Waals surface area contributed by atoms with E-state index in [1.54, 1.807) is 6.92 Å². The number of rotatable bonds is 2. The molecule has 2 heteroatoms. The molecule has 0 spiro atoms. The molecule has 0 fully saturated rings. The van der Waals surface area contributed by atoms with Crippen LogP contribution in [0.5, 0.6) is 0 Å². The predicted octanol–water partition coefficient (Wildman–Crippen LogP) is 3.09. The summed E-state index contributed by atoms with van der Waals surface area (Å²) < 4.78 is 0. The number of nitrogens with zero attached hydrogens (tertiary/aromatic N) is 1. The minimum absolute atomic E-state index is 0.105. The molecule has 0 saturated carbocycles. The Morgan fingerprint density at radius 1 is 1.40 bits per heavy atom. The van der Waals surface area contributed by atoms with E-state index in [0.717, 1.165) is 23.3 Å². The van der Waals surface area contributed by atoms with Crippen LogP contribution in [0.15, 0.2) is 35.5 Å². The lowest BCUT2D eigenvalue weighted by Gasteiger charge is -2.03. The summed E-state index contributed by atoms with van der Waals surface area (Å²) in [7, 11) is 0. The van der Waals surface area contributed by atoms with Gasteiger partial charge in [-0.2, -0.15) is 0 Å². The summed E-state index contributed by atoms with van der Waals surface area (Å²) in [6, 6.07) is 7.71. The fourth-order valence-electron chi connectivity index (χ4n) is 1.67. The third-order valence-corrected chi connectivity index (χ3v) is 2.53. The molecule has 0 unspecified atom stereocenters. The molecule has 1 heterocycles. The molecule has 1 aliphatic heterocycles. The molecular formula is C13H13NO. The minimum Gasteiger partial charge on any atom is -0.295 e. The van der Waals surface area contributed by atoms with Gasteiger partial charge in [-0.3, -0.25) is 9.79 Å². The maximum absolute atomic E-state index is 11.2. The average molecular weight is 199 g/mol. The Labute approximate surface area is 89.3 Å². The second kappa shape index (κ2) is 3.81. The number of aliphatic imine (C=N–C) groups is 1. The minimum atomic E-state index is 0.105. The largest absolute Gasteiger partial charge is 0.295 e. The van der Waals surface area contributed by atoms with Crippen molar-refractivity contribution in [1.82, 2.24) is 0 Å². The van der Waals surface area contributed by atoms with E-state index in [1.165, 1.54) is 5.57 Å². The first-order valence-corrected chi connectivity index (χ1v) is 5.00. The van der Waals surface area contributed by atoms with E-state index >= 15 is 0 Å². The normalized spacial score (nSPS) is 14.8. The van der Waals surface area contributed by atoms with E-state index in [0.29, 0.717) is 0 Å². The summed E-state index contributed by atoms with van der Waals surface area (Å²) in [6.45, 7) is 3.60. The SMILES string of the molecule is CC(=O)c1cccc(C2=CN=C(C)C2)c1. The van der Waals surface area contributed by atoms with Crippen molar-refractivity contribution in [3.05, 3.63) is 41.6 Å². The van der Waals surface area contributed by atoms with Crippen LogP contribution < -0.4 is 0 Å². The summed E-state index contributed by atoms with van der Waals surface area (Å²) in [5, 5.41) is 0. The molecule has 1 aliphatic rings. The van der Waals surface area contributed by atoms with Crippen molar-refractivity contribution in [3.8, 4) is 0 Å². The van der Waals surface area contributed by atoms with E-state index in [4.69, 9.17) is 0 Å². The van der Waals surface area contributed by atoms with Crippen LogP contribution in [-0.2, 0) is 0 Å². The van der Waals surface area contributed by atoms with Gasteiger partial charge in [-0.25, -0.2) is 0 Å². The zero-order chi connectivity index (χ0) is 10.8. The molecule has 76 valence electrons. The van der Waals surface area contributed by atoms with Crippen molar-refractivity contribution < 1.29 is 4.79 Å². The summed E-state index contributed by atoms with van der Waals surface area (Å²) in [5.41, 5.74) is 4.18. The Morgan fingerprint density at radius 3 is 2.80 bits per heavy atom. The van der Waals surface area contributed by atoms with Gasteiger partial charge < -0.3 is 0 Å². The van der Waals surface area contributed by atoms with Crippen molar-refractivity contribution in [1.29, 1.82) is 0 Å². The molecule has 2 rings (SSSR count). The van der Waals surface area contributed by atoms with Crippen LogP contribution in [0.2, 0.25) is 0 Å². The molecule has 0 radical (unpaired) electrons. The van der Waals surface area contributed by atoms with E-state index in [-0.39, 0.29) is 5.78 Å².